The van der Waals surface area contributed by atoms with Gasteiger partial charge in [-0.1, -0.05) is 73.5 Å². The van der Waals surface area contributed by atoms with Crippen molar-refractivity contribution in [3.63, 3.8) is 0 Å². The molecule has 2 aromatic carbocycles. The molecule has 0 radical (unpaired) electrons. The van der Waals surface area contributed by atoms with Crippen molar-refractivity contribution in [1.29, 1.82) is 0 Å². The van der Waals surface area contributed by atoms with Gasteiger partial charge >= 0.3 is 0 Å². The number of alkyl halides is 1. The number of aromatic amines is 1. The number of imidazole rings is 1. The molecular weight excluding hydrogens is 475 g/mol. The van der Waals surface area contributed by atoms with Crippen molar-refractivity contribution < 1.29 is 9.90 Å². The van der Waals surface area contributed by atoms with E-state index in [1.807, 2.05) is 60.0 Å². The minimum absolute atomic E-state index is 0.0991. The number of halogens is 2. The van der Waals surface area contributed by atoms with Crippen molar-refractivity contribution in [3.05, 3.63) is 70.8 Å². The molecule has 34 heavy (non-hydrogen) atoms. The maximum Gasteiger partial charge on any atom is 0.205 e. The maximum atomic E-state index is 12.5. The zero-order chi connectivity index (χ0) is 24.1. The fourth-order valence-corrected chi connectivity index (χ4v) is 4.50. The summed E-state index contributed by atoms with van der Waals surface area (Å²) in [6.45, 7) is 2.13. The molecule has 0 saturated carbocycles. The van der Waals surface area contributed by atoms with Gasteiger partial charge in [-0.3, -0.25) is 4.79 Å². The Morgan fingerprint density at radius 1 is 1.15 bits per heavy atom. The van der Waals surface area contributed by atoms with Crippen LogP contribution in [-0.2, 0) is 17.9 Å². The maximum absolute atomic E-state index is 12.5. The number of ketones is 1. The number of rotatable bonds is 10. The summed E-state index contributed by atoms with van der Waals surface area (Å²) < 4.78 is 1.83. The molecule has 0 saturated heterocycles. The van der Waals surface area contributed by atoms with E-state index in [9.17, 15) is 9.90 Å². The predicted molar refractivity (Wildman–Crippen MR) is 131 cm³/mol. The fourth-order valence-electron chi connectivity index (χ4n) is 4.06. The summed E-state index contributed by atoms with van der Waals surface area (Å²) in [5.74, 6) is 0.382. The second kappa shape index (κ2) is 10.9. The molecule has 0 bridgehead atoms. The number of nitrogens with one attached hydrogen (secondary N) is 1. The average Bonchev–Trinajstić information content (AvgIpc) is 3.51. The second-order valence-corrected chi connectivity index (χ2v) is 8.50. The Morgan fingerprint density at radius 2 is 1.88 bits per heavy atom. The fraction of sp³-hybridized carbons (Fsp3) is 0.292. The molecule has 2 aromatic heterocycles. The summed E-state index contributed by atoms with van der Waals surface area (Å²) >= 11 is 12.2. The Morgan fingerprint density at radius 3 is 2.50 bits per heavy atom. The lowest BCUT2D eigenvalue weighted by Crippen LogP contribution is -2.20. The number of hydrogen-bond donors (Lipinski definition) is 2. The van der Waals surface area contributed by atoms with Gasteiger partial charge in [0.15, 0.2) is 10.9 Å². The van der Waals surface area contributed by atoms with Crippen LogP contribution in [0.5, 0.6) is 0 Å². The minimum Gasteiger partial charge on any atom is -0.390 e. The van der Waals surface area contributed by atoms with E-state index in [1.165, 1.54) is 0 Å². The van der Waals surface area contributed by atoms with Gasteiger partial charge in [-0.05, 0) is 28.3 Å². The number of carbonyl (C=O) groups excluding carboxylic acids is 1. The quantitative estimate of drug-likeness (QED) is 0.308. The zero-order valence-electron chi connectivity index (χ0n) is 18.6. The number of H-pyrrole nitrogens is 1. The van der Waals surface area contributed by atoms with Crippen LogP contribution in [0.1, 0.15) is 42.8 Å². The summed E-state index contributed by atoms with van der Waals surface area (Å²) in [5.41, 5.74) is 4.30. The number of aliphatic hydroxyl groups excluding tert-OH is 1. The Bertz CT molecular complexity index is 1260. The van der Waals surface area contributed by atoms with Gasteiger partial charge in [0, 0.05) is 12.1 Å². The molecule has 0 amide bonds. The molecule has 0 aliphatic rings. The summed E-state index contributed by atoms with van der Waals surface area (Å²) in [7, 11) is 0. The Hall–Kier alpha value is -3.07. The molecule has 0 fully saturated rings. The van der Waals surface area contributed by atoms with Gasteiger partial charge in [0.2, 0.25) is 5.82 Å². The molecule has 0 aliphatic carbocycles. The van der Waals surface area contributed by atoms with Crippen LogP contribution in [0.3, 0.4) is 0 Å². The lowest BCUT2D eigenvalue weighted by atomic mass is 9.97. The van der Waals surface area contributed by atoms with E-state index in [2.05, 4.69) is 25.6 Å². The van der Waals surface area contributed by atoms with Crippen LogP contribution in [0.15, 0.2) is 48.5 Å². The number of tetrazole rings is 1. The third-order valence-corrected chi connectivity index (χ3v) is 6.30. The number of Topliss-reactive ketones (excluding diaryl/α,β-unsaturated/α-hetero) is 1. The highest BCUT2D eigenvalue weighted by molar-refractivity contribution is 6.30. The summed E-state index contributed by atoms with van der Waals surface area (Å²) in [6.07, 6.45) is 1.40. The molecule has 10 heteroatoms. The van der Waals surface area contributed by atoms with E-state index >= 15 is 0 Å². The van der Waals surface area contributed by atoms with Crippen LogP contribution >= 0.6 is 23.2 Å². The largest absolute Gasteiger partial charge is 0.390 e. The van der Waals surface area contributed by atoms with Crippen molar-refractivity contribution in [2.75, 3.05) is 5.88 Å². The van der Waals surface area contributed by atoms with Crippen molar-refractivity contribution in [2.24, 2.45) is 0 Å². The van der Waals surface area contributed by atoms with Crippen molar-refractivity contribution in [2.45, 2.75) is 38.8 Å². The summed E-state index contributed by atoms with van der Waals surface area (Å²) in [4.78, 5) is 17.0. The van der Waals surface area contributed by atoms with Gasteiger partial charge in [-0.15, -0.1) is 21.8 Å². The van der Waals surface area contributed by atoms with Crippen molar-refractivity contribution >= 4 is 29.0 Å². The smallest absolute Gasteiger partial charge is 0.205 e. The number of aromatic nitrogens is 6. The Kier molecular flexibility index (Phi) is 7.72. The van der Waals surface area contributed by atoms with E-state index in [-0.39, 0.29) is 23.4 Å². The van der Waals surface area contributed by atoms with Crippen molar-refractivity contribution in [1.82, 2.24) is 30.2 Å². The first kappa shape index (κ1) is 24.1. The molecule has 0 spiro atoms. The van der Waals surface area contributed by atoms with Gasteiger partial charge in [-0.2, -0.15) is 5.21 Å². The van der Waals surface area contributed by atoms with Crippen LogP contribution in [0.2, 0.25) is 5.15 Å². The first-order valence-corrected chi connectivity index (χ1v) is 11.8. The number of aliphatic hydroxyl groups is 1. The molecule has 2 N–H and O–H groups in total. The number of carbonyl (C=O) groups is 1. The van der Waals surface area contributed by atoms with Crippen LogP contribution in [0.25, 0.3) is 22.5 Å². The van der Waals surface area contributed by atoms with Gasteiger partial charge in [0.05, 0.1) is 24.1 Å². The molecule has 176 valence electrons. The molecule has 2 heterocycles. The monoisotopic (exact) mass is 498 g/mol. The van der Waals surface area contributed by atoms with Gasteiger partial charge in [0.1, 0.15) is 5.82 Å². The standard InChI is InChI=1S/C24H24Cl2N6O2/c1-2-5-19(21(34)12-25)24-27-22(26)20(14-33)32(24)13-15-8-10-16(11-9-15)17-6-3-4-7-18(17)23-28-30-31-29-23/h3-4,6-11,19,33H,2,5,12-14H2,1H3,(H,28,29,30,31). The second-order valence-electron chi connectivity index (χ2n) is 7.87. The number of benzene rings is 2. The highest BCUT2D eigenvalue weighted by Gasteiger charge is 2.27. The summed E-state index contributed by atoms with van der Waals surface area (Å²) in [5, 5.41) is 24.5. The van der Waals surface area contributed by atoms with E-state index in [0.29, 0.717) is 30.3 Å². The third kappa shape index (κ3) is 4.89. The lowest BCUT2D eigenvalue weighted by Gasteiger charge is -2.17. The van der Waals surface area contributed by atoms with Gasteiger partial charge in [-0.25, -0.2) is 4.98 Å². The average molecular weight is 499 g/mol. The normalized spacial score (nSPS) is 12.1. The molecule has 8 nitrogen and oxygen atoms in total. The highest BCUT2D eigenvalue weighted by atomic mass is 35.5. The van der Waals surface area contributed by atoms with Crippen LogP contribution in [-0.4, -0.2) is 46.9 Å². The van der Waals surface area contributed by atoms with Crippen LogP contribution in [0, 0.1) is 0 Å². The Labute approximate surface area is 206 Å². The van der Waals surface area contributed by atoms with E-state index in [1.54, 1.807) is 0 Å². The van der Waals surface area contributed by atoms with Gasteiger partial charge < -0.3 is 9.67 Å². The first-order valence-electron chi connectivity index (χ1n) is 10.9. The number of hydrogen-bond acceptors (Lipinski definition) is 6. The van der Waals surface area contributed by atoms with Crippen LogP contribution in [0.4, 0.5) is 0 Å². The molecule has 4 aromatic rings. The highest BCUT2D eigenvalue weighted by Crippen LogP contribution is 2.31. The SMILES string of the molecule is CCCC(C(=O)CCl)c1nc(Cl)c(CO)n1Cc1ccc(-c2ccccc2-c2nn[nH]n2)cc1. The molecule has 4 rings (SSSR count). The molecule has 1 atom stereocenters. The summed E-state index contributed by atoms with van der Waals surface area (Å²) in [6, 6.07) is 15.9. The van der Waals surface area contributed by atoms with Gasteiger partial charge in [0.25, 0.3) is 0 Å². The molecular formula is C24H24Cl2N6O2. The van der Waals surface area contributed by atoms with E-state index in [0.717, 1.165) is 28.7 Å². The van der Waals surface area contributed by atoms with Crippen molar-refractivity contribution in [3.8, 4) is 22.5 Å². The topological polar surface area (TPSA) is 110 Å². The van der Waals surface area contributed by atoms with Crippen LogP contribution < -0.4 is 0 Å². The number of nitrogens with zero attached hydrogens (tertiary/aromatic N) is 5. The minimum atomic E-state index is -0.471. The van der Waals surface area contributed by atoms with E-state index < -0.39 is 5.92 Å². The molecule has 1 unspecified atom stereocenters. The third-order valence-electron chi connectivity index (χ3n) is 5.73. The lowest BCUT2D eigenvalue weighted by molar-refractivity contribution is -0.118. The predicted octanol–water partition coefficient (Wildman–Crippen LogP) is 4.62. The molecule has 0 aliphatic heterocycles. The van der Waals surface area contributed by atoms with E-state index in [4.69, 9.17) is 23.2 Å². The Balaban J connectivity index is 1.67. The first-order chi connectivity index (χ1) is 16.6. The zero-order valence-corrected chi connectivity index (χ0v) is 20.1.